The Bertz CT molecular complexity index is 689. The number of nitrogens with one attached hydrogen (secondary N) is 2. The van der Waals surface area contributed by atoms with Crippen molar-refractivity contribution in [3.05, 3.63) is 34.9 Å². The number of amides is 2. The molecule has 3 atom stereocenters. The van der Waals surface area contributed by atoms with Crippen LogP contribution in [0.2, 0.25) is 0 Å². The highest BCUT2D eigenvalue weighted by Crippen LogP contribution is 2.23. The van der Waals surface area contributed by atoms with E-state index in [9.17, 15) is 9.59 Å². The first kappa shape index (κ1) is 16.5. The average molecular weight is 327 g/mol. The molecule has 6 heteroatoms. The fraction of sp³-hybridized carbons (Fsp3) is 0.500. The van der Waals surface area contributed by atoms with Crippen molar-refractivity contribution >= 4 is 11.8 Å². The maximum absolute atomic E-state index is 12.6. The molecule has 2 aliphatic rings. The van der Waals surface area contributed by atoms with Crippen molar-refractivity contribution in [2.75, 3.05) is 6.61 Å². The first-order valence-electron chi connectivity index (χ1n) is 8.31. The molecule has 3 rings (SSSR count). The lowest BCUT2D eigenvalue weighted by Crippen LogP contribution is -2.60. The fourth-order valence-corrected chi connectivity index (χ4v) is 3.36. The van der Waals surface area contributed by atoms with Crippen LogP contribution in [0.3, 0.4) is 0 Å². The predicted molar refractivity (Wildman–Crippen MR) is 87.3 cm³/mol. The van der Waals surface area contributed by atoms with Gasteiger partial charge in [0, 0.05) is 18.6 Å². The quantitative estimate of drug-likeness (QED) is 0.878. The molecule has 2 heterocycles. The van der Waals surface area contributed by atoms with Crippen LogP contribution in [0.4, 0.5) is 0 Å². The van der Waals surface area contributed by atoms with Crippen LogP contribution in [0.25, 0.3) is 0 Å². The number of carbonyl (C=O) groups is 2. The van der Waals surface area contributed by atoms with Gasteiger partial charge in [-0.05, 0) is 43.9 Å². The third-order valence-electron chi connectivity index (χ3n) is 4.75. The maximum atomic E-state index is 12.6. The van der Waals surface area contributed by atoms with E-state index in [1.807, 2.05) is 6.92 Å². The van der Waals surface area contributed by atoms with Gasteiger partial charge in [0.05, 0.1) is 29.8 Å². The number of hydrogen-bond acceptors (Lipinski definition) is 4. The highest BCUT2D eigenvalue weighted by atomic mass is 16.5. The molecule has 24 heavy (non-hydrogen) atoms. The molecule has 2 aliphatic heterocycles. The molecule has 0 spiro atoms. The topological polar surface area (TPSA) is 91.2 Å². The summed E-state index contributed by atoms with van der Waals surface area (Å²) in [5.74, 6) is -0.223. The van der Waals surface area contributed by atoms with Gasteiger partial charge < -0.3 is 15.4 Å². The second kappa shape index (κ2) is 7.02. The van der Waals surface area contributed by atoms with Gasteiger partial charge in [-0.3, -0.25) is 9.59 Å². The summed E-state index contributed by atoms with van der Waals surface area (Å²) in [6, 6.07) is 6.83. The Kier molecular flexibility index (Phi) is 4.81. The molecular formula is C18H21N3O3. The number of piperidine rings is 1. The van der Waals surface area contributed by atoms with E-state index in [1.165, 1.54) is 0 Å². The van der Waals surface area contributed by atoms with Gasteiger partial charge in [-0.15, -0.1) is 0 Å². The third-order valence-corrected chi connectivity index (χ3v) is 4.75. The molecule has 2 fully saturated rings. The normalized spacial score (nSPS) is 26.5. The Hall–Kier alpha value is -2.39. The SMILES string of the molecule is Cc1ccc(C(=O)N[C@H]2CCC(=O)N[C@@H]2C2CCCO2)cc1C#N. The summed E-state index contributed by atoms with van der Waals surface area (Å²) in [7, 11) is 0. The Morgan fingerprint density at radius 1 is 1.42 bits per heavy atom. The molecule has 0 saturated carbocycles. The summed E-state index contributed by atoms with van der Waals surface area (Å²) in [5.41, 5.74) is 1.80. The Morgan fingerprint density at radius 2 is 2.25 bits per heavy atom. The van der Waals surface area contributed by atoms with E-state index in [4.69, 9.17) is 10.00 Å². The number of aryl methyl sites for hydroxylation is 1. The van der Waals surface area contributed by atoms with E-state index in [0.717, 1.165) is 18.4 Å². The van der Waals surface area contributed by atoms with Gasteiger partial charge in [0.25, 0.3) is 5.91 Å². The van der Waals surface area contributed by atoms with Crippen LogP contribution in [0.1, 0.15) is 47.2 Å². The lowest BCUT2D eigenvalue weighted by atomic mass is 9.92. The molecule has 1 aromatic rings. The molecular weight excluding hydrogens is 306 g/mol. The van der Waals surface area contributed by atoms with Gasteiger partial charge in [-0.2, -0.15) is 5.26 Å². The zero-order valence-electron chi connectivity index (χ0n) is 13.7. The number of nitriles is 1. The number of rotatable bonds is 3. The summed E-state index contributed by atoms with van der Waals surface area (Å²) in [5, 5.41) is 15.1. The van der Waals surface area contributed by atoms with Crippen molar-refractivity contribution in [1.82, 2.24) is 10.6 Å². The summed E-state index contributed by atoms with van der Waals surface area (Å²) in [4.78, 5) is 24.3. The molecule has 2 saturated heterocycles. The van der Waals surface area contributed by atoms with E-state index < -0.39 is 0 Å². The summed E-state index contributed by atoms with van der Waals surface area (Å²) < 4.78 is 5.70. The predicted octanol–water partition coefficient (Wildman–Crippen LogP) is 1.42. The minimum atomic E-state index is -0.226. The van der Waals surface area contributed by atoms with Crippen LogP contribution < -0.4 is 10.6 Å². The van der Waals surface area contributed by atoms with Crippen LogP contribution in [0.5, 0.6) is 0 Å². The summed E-state index contributed by atoms with van der Waals surface area (Å²) in [6.45, 7) is 2.53. The second-order valence-corrected chi connectivity index (χ2v) is 6.40. The standard InChI is InChI=1S/C18H21N3O3/c1-11-4-5-12(9-13(11)10-19)18(23)20-14-6-7-16(22)21-17(14)15-3-2-8-24-15/h4-5,9,14-15,17H,2-3,6-8H2,1H3,(H,20,23)(H,21,22)/t14-,15?,17-/m0/s1. The minimum absolute atomic E-state index is 0.00287. The van der Waals surface area contributed by atoms with Gasteiger partial charge in [-0.25, -0.2) is 0 Å². The number of hydrogen-bond donors (Lipinski definition) is 2. The highest BCUT2D eigenvalue weighted by molar-refractivity contribution is 5.95. The monoisotopic (exact) mass is 327 g/mol. The molecule has 126 valence electrons. The number of ether oxygens (including phenoxy) is 1. The molecule has 0 radical (unpaired) electrons. The lowest BCUT2D eigenvalue weighted by Gasteiger charge is -2.36. The molecule has 0 aromatic heterocycles. The van der Waals surface area contributed by atoms with E-state index in [1.54, 1.807) is 18.2 Å². The van der Waals surface area contributed by atoms with Crippen LogP contribution in [0.15, 0.2) is 18.2 Å². The maximum Gasteiger partial charge on any atom is 0.251 e. The van der Waals surface area contributed by atoms with Gasteiger partial charge in [0.15, 0.2) is 0 Å². The van der Waals surface area contributed by atoms with Gasteiger partial charge in [0.1, 0.15) is 0 Å². The summed E-state index contributed by atoms with van der Waals surface area (Å²) >= 11 is 0. The van der Waals surface area contributed by atoms with E-state index in [0.29, 0.717) is 30.6 Å². The number of benzene rings is 1. The van der Waals surface area contributed by atoms with Crippen LogP contribution >= 0.6 is 0 Å². The van der Waals surface area contributed by atoms with Gasteiger partial charge >= 0.3 is 0 Å². The fourth-order valence-electron chi connectivity index (χ4n) is 3.36. The first-order chi connectivity index (χ1) is 11.6. The molecule has 6 nitrogen and oxygen atoms in total. The molecule has 0 bridgehead atoms. The van der Waals surface area contributed by atoms with Crippen molar-refractivity contribution in [3.63, 3.8) is 0 Å². The van der Waals surface area contributed by atoms with Gasteiger partial charge in [0.2, 0.25) is 5.91 Å². The number of nitrogens with zero attached hydrogens (tertiary/aromatic N) is 1. The zero-order chi connectivity index (χ0) is 17.1. The van der Waals surface area contributed by atoms with E-state index >= 15 is 0 Å². The lowest BCUT2D eigenvalue weighted by molar-refractivity contribution is -0.125. The minimum Gasteiger partial charge on any atom is -0.376 e. The van der Waals surface area contributed by atoms with E-state index in [-0.39, 0.29) is 30.0 Å². The largest absolute Gasteiger partial charge is 0.376 e. The van der Waals surface area contributed by atoms with Crippen LogP contribution in [-0.2, 0) is 9.53 Å². The Balaban J connectivity index is 1.74. The molecule has 2 N–H and O–H groups in total. The molecule has 0 aliphatic carbocycles. The van der Waals surface area contributed by atoms with Crippen molar-refractivity contribution < 1.29 is 14.3 Å². The molecule has 1 unspecified atom stereocenters. The average Bonchev–Trinajstić information content (AvgIpc) is 3.11. The van der Waals surface area contributed by atoms with Gasteiger partial charge in [-0.1, -0.05) is 6.07 Å². The summed E-state index contributed by atoms with van der Waals surface area (Å²) in [6.07, 6.45) is 2.80. The van der Waals surface area contributed by atoms with Crippen LogP contribution in [0, 0.1) is 18.3 Å². The molecule has 2 amide bonds. The van der Waals surface area contributed by atoms with Crippen LogP contribution in [-0.4, -0.2) is 36.6 Å². The third kappa shape index (κ3) is 3.41. The highest BCUT2D eigenvalue weighted by Gasteiger charge is 2.37. The Morgan fingerprint density at radius 3 is 2.96 bits per heavy atom. The van der Waals surface area contributed by atoms with E-state index in [2.05, 4.69) is 16.7 Å². The van der Waals surface area contributed by atoms with Crippen molar-refractivity contribution in [3.8, 4) is 6.07 Å². The second-order valence-electron chi connectivity index (χ2n) is 6.40. The number of carbonyl (C=O) groups excluding carboxylic acids is 2. The van der Waals surface area contributed by atoms with Crippen molar-refractivity contribution in [2.24, 2.45) is 0 Å². The first-order valence-corrected chi connectivity index (χ1v) is 8.31. The van der Waals surface area contributed by atoms with Crippen molar-refractivity contribution in [1.29, 1.82) is 5.26 Å². The molecule has 1 aromatic carbocycles. The van der Waals surface area contributed by atoms with Crippen molar-refractivity contribution in [2.45, 2.75) is 50.8 Å². The Labute approximate surface area is 141 Å². The smallest absolute Gasteiger partial charge is 0.251 e. The zero-order valence-corrected chi connectivity index (χ0v) is 13.7.